The van der Waals surface area contributed by atoms with Gasteiger partial charge in [0.1, 0.15) is 5.76 Å². The normalized spacial score (nSPS) is 15.1. The number of carboxylic acids is 1. The van der Waals surface area contributed by atoms with Gasteiger partial charge in [0.05, 0.1) is 18.2 Å². The van der Waals surface area contributed by atoms with Crippen LogP contribution in [-0.4, -0.2) is 34.0 Å². The Kier molecular flexibility index (Phi) is 4.06. The maximum absolute atomic E-state index is 10.6. The summed E-state index contributed by atoms with van der Waals surface area (Å²) in [6, 6.07) is -0.0196. The monoisotopic (exact) mass is 226 g/mol. The number of carbonyl (C=O) groups is 1. The number of rotatable bonds is 5. The fourth-order valence-electron chi connectivity index (χ4n) is 1.68. The number of aryl methyl sites for hydroxylation is 1. The predicted molar refractivity (Wildman–Crippen MR) is 59.1 cm³/mol. The summed E-state index contributed by atoms with van der Waals surface area (Å²) in [7, 11) is 1.89. The first kappa shape index (κ1) is 12.7. The smallest absolute Gasteiger partial charge is 0.304 e. The van der Waals surface area contributed by atoms with E-state index in [0.717, 1.165) is 11.5 Å². The zero-order valence-corrected chi connectivity index (χ0v) is 10.1. The molecular weight excluding hydrogens is 208 g/mol. The van der Waals surface area contributed by atoms with E-state index in [-0.39, 0.29) is 18.5 Å². The van der Waals surface area contributed by atoms with E-state index < -0.39 is 5.97 Å². The summed E-state index contributed by atoms with van der Waals surface area (Å²) in [6.45, 7) is 5.74. The molecule has 0 aliphatic carbocycles. The van der Waals surface area contributed by atoms with E-state index in [4.69, 9.17) is 9.52 Å². The van der Waals surface area contributed by atoms with E-state index in [9.17, 15) is 4.79 Å². The Labute approximate surface area is 95.1 Å². The molecule has 0 aromatic carbocycles. The fraction of sp³-hybridized carbons (Fsp3) is 0.636. The molecule has 0 spiro atoms. The highest BCUT2D eigenvalue weighted by Gasteiger charge is 2.23. The third kappa shape index (κ3) is 2.82. The third-order valence-corrected chi connectivity index (χ3v) is 2.94. The van der Waals surface area contributed by atoms with Gasteiger partial charge < -0.3 is 9.52 Å². The number of aliphatic carboxylic acids is 1. The summed E-state index contributed by atoms with van der Waals surface area (Å²) in [5.41, 5.74) is 0.849. The molecule has 2 unspecified atom stereocenters. The average Bonchev–Trinajstić information content (AvgIpc) is 2.61. The summed E-state index contributed by atoms with van der Waals surface area (Å²) < 4.78 is 5.30. The molecule has 90 valence electrons. The van der Waals surface area contributed by atoms with Crippen LogP contribution in [0.3, 0.4) is 0 Å². The maximum Gasteiger partial charge on any atom is 0.304 e. The first-order valence-corrected chi connectivity index (χ1v) is 5.27. The number of carboxylic acid groups (broad SMARTS) is 1. The lowest BCUT2D eigenvalue weighted by Crippen LogP contribution is -2.33. The summed E-state index contributed by atoms with van der Waals surface area (Å²) in [4.78, 5) is 16.6. The van der Waals surface area contributed by atoms with E-state index in [1.807, 2.05) is 32.7 Å². The highest BCUT2D eigenvalue weighted by Crippen LogP contribution is 2.23. The Morgan fingerprint density at radius 1 is 1.62 bits per heavy atom. The lowest BCUT2D eigenvalue weighted by atomic mass is 10.1. The minimum atomic E-state index is -0.791. The second kappa shape index (κ2) is 5.12. The van der Waals surface area contributed by atoms with Gasteiger partial charge in [-0.1, -0.05) is 0 Å². The van der Waals surface area contributed by atoms with Crippen molar-refractivity contribution in [1.29, 1.82) is 0 Å². The van der Waals surface area contributed by atoms with Gasteiger partial charge in [0.2, 0.25) is 0 Å². The predicted octanol–water partition coefficient (Wildman–Crippen LogP) is 1.84. The Bertz CT molecular complexity index is 362. The van der Waals surface area contributed by atoms with Crippen LogP contribution in [-0.2, 0) is 4.79 Å². The number of aromatic nitrogens is 1. The van der Waals surface area contributed by atoms with Gasteiger partial charge in [-0.15, -0.1) is 0 Å². The maximum atomic E-state index is 10.6. The second-order valence-electron chi connectivity index (χ2n) is 4.09. The lowest BCUT2D eigenvalue weighted by molar-refractivity contribution is -0.138. The molecule has 2 atom stereocenters. The van der Waals surface area contributed by atoms with Crippen LogP contribution >= 0.6 is 0 Å². The SMILES string of the molecule is Cc1ncoc1C(C)N(C)C(C)CC(=O)O. The van der Waals surface area contributed by atoms with Crippen molar-refractivity contribution in [3.05, 3.63) is 17.8 Å². The quantitative estimate of drug-likeness (QED) is 0.829. The number of nitrogens with zero attached hydrogens (tertiary/aromatic N) is 2. The van der Waals surface area contributed by atoms with Crippen molar-refractivity contribution >= 4 is 5.97 Å². The van der Waals surface area contributed by atoms with Gasteiger partial charge in [0.15, 0.2) is 6.39 Å². The van der Waals surface area contributed by atoms with E-state index in [0.29, 0.717) is 0 Å². The summed E-state index contributed by atoms with van der Waals surface area (Å²) in [6.07, 6.45) is 1.53. The Morgan fingerprint density at radius 3 is 2.69 bits per heavy atom. The van der Waals surface area contributed by atoms with Gasteiger partial charge in [-0.3, -0.25) is 9.69 Å². The van der Waals surface area contributed by atoms with E-state index >= 15 is 0 Å². The molecule has 0 radical (unpaired) electrons. The minimum Gasteiger partial charge on any atom is -0.481 e. The minimum absolute atomic E-state index is 0.0249. The molecule has 0 fully saturated rings. The topological polar surface area (TPSA) is 66.6 Å². The molecule has 1 rings (SSSR count). The molecule has 0 bridgehead atoms. The molecule has 5 nitrogen and oxygen atoms in total. The number of hydrogen-bond donors (Lipinski definition) is 1. The van der Waals surface area contributed by atoms with Gasteiger partial charge >= 0.3 is 5.97 Å². The highest BCUT2D eigenvalue weighted by atomic mass is 16.4. The number of oxazole rings is 1. The van der Waals surface area contributed by atoms with Crippen molar-refractivity contribution in [2.45, 2.75) is 39.3 Å². The van der Waals surface area contributed by atoms with Crippen LogP contribution in [0.4, 0.5) is 0 Å². The molecule has 1 N–H and O–H groups in total. The van der Waals surface area contributed by atoms with E-state index in [2.05, 4.69) is 4.98 Å². The molecule has 0 saturated heterocycles. The molecule has 5 heteroatoms. The third-order valence-electron chi connectivity index (χ3n) is 2.94. The molecule has 0 saturated carbocycles. The van der Waals surface area contributed by atoms with Crippen LogP contribution in [0, 0.1) is 6.92 Å². The zero-order valence-electron chi connectivity index (χ0n) is 10.1. The fourth-order valence-corrected chi connectivity index (χ4v) is 1.68. The van der Waals surface area contributed by atoms with Crippen LogP contribution in [0.25, 0.3) is 0 Å². The first-order chi connectivity index (χ1) is 7.43. The van der Waals surface area contributed by atoms with Gasteiger partial charge in [0, 0.05) is 6.04 Å². The van der Waals surface area contributed by atoms with Crippen molar-refractivity contribution in [3.8, 4) is 0 Å². The molecule has 1 heterocycles. The van der Waals surface area contributed by atoms with Gasteiger partial charge in [-0.25, -0.2) is 4.98 Å². The molecule has 0 aliphatic rings. The number of hydrogen-bond acceptors (Lipinski definition) is 4. The largest absolute Gasteiger partial charge is 0.481 e. The Hall–Kier alpha value is -1.36. The summed E-state index contributed by atoms with van der Waals surface area (Å²) >= 11 is 0. The van der Waals surface area contributed by atoms with Crippen molar-refractivity contribution in [1.82, 2.24) is 9.88 Å². The van der Waals surface area contributed by atoms with Crippen molar-refractivity contribution < 1.29 is 14.3 Å². The first-order valence-electron chi connectivity index (χ1n) is 5.27. The zero-order chi connectivity index (χ0) is 12.3. The van der Waals surface area contributed by atoms with Crippen LogP contribution < -0.4 is 0 Å². The Morgan fingerprint density at radius 2 is 2.25 bits per heavy atom. The Balaban J connectivity index is 2.70. The lowest BCUT2D eigenvalue weighted by Gasteiger charge is -2.28. The highest BCUT2D eigenvalue weighted by molar-refractivity contribution is 5.67. The summed E-state index contributed by atoms with van der Waals surface area (Å²) in [5.74, 6) is 0.000538. The second-order valence-corrected chi connectivity index (χ2v) is 4.09. The van der Waals surface area contributed by atoms with Crippen LogP contribution in [0.1, 0.15) is 37.8 Å². The van der Waals surface area contributed by atoms with Crippen LogP contribution in [0.15, 0.2) is 10.8 Å². The summed E-state index contributed by atoms with van der Waals surface area (Å²) in [5, 5.41) is 8.74. The van der Waals surface area contributed by atoms with Crippen LogP contribution in [0.5, 0.6) is 0 Å². The molecular formula is C11H18N2O3. The molecule has 0 amide bonds. The average molecular weight is 226 g/mol. The van der Waals surface area contributed by atoms with Crippen molar-refractivity contribution in [3.63, 3.8) is 0 Å². The molecule has 16 heavy (non-hydrogen) atoms. The van der Waals surface area contributed by atoms with Crippen LogP contribution in [0.2, 0.25) is 0 Å². The van der Waals surface area contributed by atoms with E-state index in [1.54, 1.807) is 0 Å². The van der Waals surface area contributed by atoms with Gasteiger partial charge in [-0.2, -0.15) is 0 Å². The standard InChI is InChI=1S/C11H18N2O3/c1-7(5-10(14)15)13(4)9(3)11-8(2)12-6-16-11/h6-7,9H,5H2,1-4H3,(H,14,15). The van der Waals surface area contributed by atoms with Gasteiger partial charge in [0.25, 0.3) is 0 Å². The van der Waals surface area contributed by atoms with Gasteiger partial charge in [-0.05, 0) is 27.8 Å². The van der Waals surface area contributed by atoms with E-state index in [1.165, 1.54) is 6.39 Å². The molecule has 1 aromatic heterocycles. The van der Waals surface area contributed by atoms with Crippen molar-refractivity contribution in [2.75, 3.05) is 7.05 Å². The molecule has 1 aromatic rings. The van der Waals surface area contributed by atoms with Crippen molar-refractivity contribution in [2.24, 2.45) is 0 Å². The molecule has 0 aliphatic heterocycles.